The number of nitrogens with one attached hydrogen (secondary N) is 2. The molecular weight excluding hydrogens is 330 g/mol. The topological polar surface area (TPSA) is 70.7 Å². The van der Waals surface area contributed by atoms with Gasteiger partial charge in [-0.3, -0.25) is 9.59 Å². The van der Waals surface area contributed by atoms with Crippen LogP contribution in [0.25, 0.3) is 0 Å². The van der Waals surface area contributed by atoms with Crippen LogP contribution in [0.1, 0.15) is 49.9 Å². The summed E-state index contributed by atoms with van der Waals surface area (Å²) >= 11 is 0. The highest BCUT2D eigenvalue weighted by Gasteiger charge is 2.16. The molecule has 0 aliphatic carbocycles. The SMILES string of the molecule is CCCN(CCC)C(=O)c1cccc(NC(=O)CNCC2CCCO2)c1. The summed E-state index contributed by atoms with van der Waals surface area (Å²) in [7, 11) is 0. The Bertz CT molecular complexity index is 579. The normalized spacial score (nSPS) is 16.5. The number of rotatable bonds is 10. The first-order valence-electron chi connectivity index (χ1n) is 9.65. The number of nitrogens with zero attached hydrogens (tertiary/aromatic N) is 1. The molecule has 1 aliphatic rings. The van der Waals surface area contributed by atoms with E-state index in [1.165, 1.54) is 0 Å². The van der Waals surface area contributed by atoms with Crippen molar-refractivity contribution in [3.05, 3.63) is 29.8 Å². The van der Waals surface area contributed by atoms with E-state index in [0.29, 0.717) is 17.8 Å². The van der Waals surface area contributed by atoms with Crippen LogP contribution in [-0.2, 0) is 9.53 Å². The van der Waals surface area contributed by atoms with Crippen molar-refractivity contribution in [2.24, 2.45) is 0 Å². The van der Waals surface area contributed by atoms with Crippen LogP contribution in [0.3, 0.4) is 0 Å². The lowest BCUT2D eigenvalue weighted by Crippen LogP contribution is -2.34. The van der Waals surface area contributed by atoms with Crippen LogP contribution in [-0.4, -0.2) is 55.6 Å². The molecule has 1 atom stereocenters. The van der Waals surface area contributed by atoms with E-state index in [0.717, 1.165) is 45.4 Å². The second-order valence-electron chi connectivity index (χ2n) is 6.69. The lowest BCUT2D eigenvalue weighted by atomic mass is 10.1. The monoisotopic (exact) mass is 361 g/mol. The number of ether oxygens (including phenoxy) is 1. The van der Waals surface area contributed by atoms with Gasteiger partial charge in [-0.1, -0.05) is 19.9 Å². The van der Waals surface area contributed by atoms with Crippen LogP contribution in [0.15, 0.2) is 24.3 Å². The third-order valence-corrected chi connectivity index (χ3v) is 4.35. The Hall–Kier alpha value is -1.92. The fourth-order valence-electron chi connectivity index (χ4n) is 3.12. The first-order chi connectivity index (χ1) is 12.6. The van der Waals surface area contributed by atoms with Gasteiger partial charge in [0.05, 0.1) is 12.6 Å². The van der Waals surface area contributed by atoms with Gasteiger partial charge in [-0.25, -0.2) is 0 Å². The Morgan fingerprint density at radius 3 is 2.65 bits per heavy atom. The molecule has 2 rings (SSSR count). The molecule has 1 aromatic rings. The largest absolute Gasteiger partial charge is 0.377 e. The van der Waals surface area contributed by atoms with Crippen LogP contribution in [0.2, 0.25) is 0 Å². The second kappa shape index (κ2) is 10.9. The average molecular weight is 361 g/mol. The molecule has 0 saturated carbocycles. The van der Waals surface area contributed by atoms with Gasteiger partial charge < -0.3 is 20.3 Å². The van der Waals surface area contributed by atoms with E-state index in [1.807, 2.05) is 4.90 Å². The van der Waals surface area contributed by atoms with Crippen molar-refractivity contribution in [2.75, 3.05) is 38.1 Å². The zero-order valence-corrected chi connectivity index (χ0v) is 15.9. The smallest absolute Gasteiger partial charge is 0.253 e. The molecule has 6 heteroatoms. The quantitative estimate of drug-likeness (QED) is 0.672. The first-order valence-corrected chi connectivity index (χ1v) is 9.65. The summed E-state index contributed by atoms with van der Waals surface area (Å²) in [6.07, 6.45) is 4.21. The van der Waals surface area contributed by atoms with E-state index in [1.54, 1.807) is 24.3 Å². The van der Waals surface area contributed by atoms with Crippen LogP contribution in [0.4, 0.5) is 5.69 Å². The molecule has 1 aromatic carbocycles. The van der Waals surface area contributed by atoms with Crippen molar-refractivity contribution < 1.29 is 14.3 Å². The third-order valence-electron chi connectivity index (χ3n) is 4.35. The molecule has 0 spiro atoms. The summed E-state index contributed by atoms with van der Waals surface area (Å²) in [5, 5.41) is 5.98. The minimum Gasteiger partial charge on any atom is -0.377 e. The van der Waals surface area contributed by atoms with E-state index >= 15 is 0 Å². The first kappa shape index (κ1) is 20.4. The standard InChI is InChI=1S/C20H31N3O3/c1-3-10-23(11-4-2)20(25)16-7-5-8-17(13-16)22-19(24)15-21-14-18-9-6-12-26-18/h5,7-8,13,18,21H,3-4,6,9-12,14-15H2,1-2H3,(H,22,24). The maximum atomic E-state index is 12.7. The van der Waals surface area contributed by atoms with E-state index in [4.69, 9.17) is 4.74 Å². The van der Waals surface area contributed by atoms with E-state index in [-0.39, 0.29) is 24.5 Å². The van der Waals surface area contributed by atoms with Gasteiger partial charge in [0.15, 0.2) is 0 Å². The molecule has 0 radical (unpaired) electrons. The van der Waals surface area contributed by atoms with Gasteiger partial charge in [0, 0.05) is 37.5 Å². The van der Waals surface area contributed by atoms with Crippen molar-refractivity contribution in [2.45, 2.75) is 45.6 Å². The number of carbonyl (C=O) groups excluding carboxylic acids is 2. The Morgan fingerprint density at radius 1 is 1.23 bits per heavy atom. The molecule has 1 unspecified atom stereocenters. The zero-order chi connectivity index (χ0) is 18.8. The molecule has 144 valence electrons. The minimum atomic E-state index is -0.119. The van der Waals surface area contributed by atoms with Crippen LogP contribution in [0.5, 0.6) is 0 Å². The van der Waals surface area contributed by atoms with Crippen molar-refractivity contribution >= 4 is 17.5 Å². The molecule has 2 amide bonds. The molecule has 6 nitrogen and oxygen atoms in total. The van der Waals surface area contributed by atoms with Gasteiger partial charge in [0.1, 0.15) is 0 Å². The lowest BCUT2D eigenvalue weighted by Gasteiger charge is -2.21. The lowest BCUT2D eigenvalue weighted by molar-refractivity contribution is -0.115. The molecule has 2 N–H and O–H groups in total. The fourth-order valence-corrected chi connectivity index (χ4v) is 3.12. The molecule has 0 aromatic heterocycles. The van der Waals surface area contributed by atoms with Gasteiger partial charge in [0.2, 0.25) is 5.91 Å². The zero-order valence-electron chi connectivity index (χ0n) is 15.9. The predicted molar refractivity (Wildman–Crippen MR) is 103 cm³/mol. The highest BCUT2D eigenvalue weighted by molar-refractivity contribution is 5.97. The Morgan fingerprint density at radius 2 is 2.00 bits per heavy atom. The predicted octanol–water partition coefficient (Wildman–Crippen LogP) is 2.66. The number of hydrogen-bond donors (Lipinski definition) is 2. The van der Waals surface area contributed by atoms with Crippen LogP contribution >= 0.6 is 0 Å². The number of amides is 2. The van der Waals surface area contributed by atoms with Crippen molar-refractivity contribution in [3.8, 4) is 0 Å². The third kappa shape index (κ3) is 6.42. The number of hydrogen-bond acceptors (Lipinski definition) is 4. The molecule has 1 fully saturated rings. The fraction of sp³-hybridized carbons (Fsp3) is 0.600. The van der Waals surface area contributed by atoms with Crippen molar-refractivity contribution in [3.63, 3.8) is 0 Å². The molecule has 0 bridgehead atoms. The second-order valence-corrected chi connectivity index (χ2v) is 6.69. The van der Waals surface area contributed by atoms with Gasteiger partial charge >= 0.3 is 0 Å². The summed E-state index contributed by atoms with van der Waals surface area (Å²) in [5.41, 5.74) is 1.25. The molecule has 26 heavy (non-hydrogen) atoms. The highest BCUT2D eigenvalue weighted by atomic mass is 16.5. The van der Waals surface area contributed by atoms with E-state index < -0.39 is 0 Å². The summed E-state index contributed by atoms with van der Waals surface area (Å²) in [6.45, 7) is 7.36. The highest BCUT2D eigenvalue weighted by Crippen LogP contribution is 2.14. The Kier molecular flexibility index (Phi) is 8.58. The van der Waals surface area contributed by atoms with E-state index in [9.17, 15) is 9.59 Å². The number of anilines is 1. The molecule has 1 saturated heterocycles. The van der Waals surface area contributed by atoms with Crippen LogP contribution < -0.4 is 10.6 Å². The van der Waals surface area contributed by atoms with Crippen LogP contribution in [0, 0.1) is 0 Å². The van der Waals surface area contributed by atoms with Gasteiger partial charge in [0.25, 0.3) is 5.91 Å². The number of benzene rings is 1. The van der Waals surface area contributed by atoms with Gasteiger partial charge in [-0.2, -0.15) is 0 Å². The maximum Gasteiger partial charge on any atom is 0.253 e. The Balaban J connectivity index is 1.86. The summed E-state index contributed by atoms with van der Waals surface area (Å²) < 4.78 is 5.52. The average Bonchev–Trinajstić information content (AvgIpc) is 3.14. The van der Waals surface area contributed by atoms with Gasteiger partial charge in [-0.15, -0.1) is 0 Å². The van der Waals surface area contributed by atoms with Gasteiger partial charge in [-0.05, 0) is 43.9 Å². The van der Waals surface area contributed by atoms with Crippen molar-refractivity contribution in [1.82, 2.24) is 10.2 Å². The minimum absolute atomic E-state index is 0.0151. The molecule has 1 heterocycles. The maximum absolute atomic E-state index is 12.7. The number of carbonyl (C=O) groups is 2. The molecule has 1 aliphatic heterocycles. The summed E-state index contributed by atoms with van der Waals surface area (Å²) in [4.78, 5) is 26.6. The molecular formula is C20H31N3O3. The van der Waals surface area contributed by atoms with E-state index in [2.05, 4.69) is 24.5 Å². The summed E-state index contributed by atoms with van der Waals surface area (Å²) in [5.74, 6) is -0.104. The van der Waals surface area contributed by atoms with Crippen molar-refractivity contribution in [1.29, 1.82) is 0 Å². The Labute approximate surface area is 156 Å². The summed E-state index contributed by atoms with van der Waals surface area (Å²) in [6, 6.07) is 7.15.